The Hall–Kier alpha value is -2.04. The normalized spacial score (nSPS) is 18.3. The molecule has 2 heterocycles. The van der Waals surface area contributed by atoms with Crippen molar-refractivity contribution in [2.75, 3.05) is 19.7 Å². The molecule has 1 aromatic heterocycles. The zero-order valence-electron chi connectivity index (χ0n) is 12.6. The number of aliphatic carboxylic acids is 1. The van der Waals surface area contributed by atoms with Crippen molar-refractivity contribution in [1.82, 2.24) is 20.8 Å². The third kappa shape index (κ3) is 4.71. The summed E-state index contributed by atoms with van der Waals surface area (Å²) in [7, 11) is 0. The lowest BCUT2D eigenvalue weighted by atomic mass is 9.96. The van der Waals surface area contributed by atoms with Gasteiger partial charge in [0.2, 0.25) is 17.7 Å². The molecule has 0 aliphatic carbocycles. The molecular formula is C13H21N5O5. The lowest BCUT2D eigenvalue weighted by Gasteiger charge is -2.23. The molecule has 1 saturated heterocycles. The number of amides is 1. The third-order valence-corrected chi connectivity index (χ3v) is 3.67. The molecule has 128 valence electrons. The van der Waals surface area contributed by atoms with Gasteiger partial charge in [-0.3, -0.25) is 9.59 Å². The van der Waals surface area contributed by atoms with Crippen LogP contribution in [0.25, 0.3) is 0 Å². The van der Waals surface area contributed by atoms with E-state index >= 15 is 0 Å². The van der Waals surface area contributed by atoms with Crippen LogP contribution in [-0.4, -0.2) is 52.0 Å². The van der Waals surface area contributed by atoms with Crippen LogP contribution in [0, 0.1) is 5.92 Å². The lowest BCUT2D eigenvalue weighted by Crippen LogP contribution is -2.40. The van der Waals surface area contributed by atoms with Crippen molar-refractivity contribution in [2.45, 2.75) is 31.3 Å². The van der Waals surface area contributed by atoms with E-state index in [4.69, 9.17) is 20.4 Å². The molecule has 0 spiro atoms. The van der Waals surface area contributed by atoms with Crippen LogP contribution < -0.4 is 16.4 Å². The Morgan fingerprint density at radius 1 is 1.35 bits per heavy atom. The molecule has 1 aromatic rings. The fraction of sp³-hybridized carbons (Fsp3) is 0.692. The van der Waals surface area contributed by atoms with E-state index in [1.54, 1.807) is 0 Å². The first-order chi connectivity index (χ1) is 11.0. The van der Waals surface area contributed by atoms with Gasteiger partial charge in [-0.25, -0.2) is 0 Å². The number of carboxylic acids is 1. The number of piperidine rings is 1. The predicted octanol–water partition coefficient (Wildman–Crippen LogP) is -1.31. The van der Waals surface area contributed by atoms with Crippen molar-refractivity contribution in [2.24, 2.45) is 11.7 Å². The van der Waals surface area contributed by atoms with Crippen LogP contribution in [0.2, 0.25) is 0 Å². The summed E-state index contributed by atoms with van der Waals surface area (Å²) in [6, 6.07) is -1.77. The highest BCUT2D eigenvalue weighted by Crippen LogP contribution is 2.20. The van der Waals surface area contributed by atoms with E-state index in [1.165, 1.54) is 0 Å². The Labute approximate surface area is 132 Å². The van der Waals surface area contributed by atoms with Crippen LogP contribution in [0.1, 0.15) is 43.1 Å². The van der Waals surface area contributed by atoms with Crippen LogP contribution in [-0.2, 0) is 9.59 Å². The summed E-state index contributed by atoms with van der Waals surface area (Å²) in [5.74, 6) is -1.55. The minimum absolute atomic E-state index is 0.00555. The van der Waals surface area contributed by atoms with Gasteiger partial charge in [0.15, 0.2) is 0 Å². The Bertz CT molecular complexity index is 543. The number of nitrogens with two attached hydrogens (primary N) is 1. The Balaban J connectivity index is 2.08. The monoisotopic (exact) mass is 327 g/mol. The molecule has 2 rings (SSSR count). The number of nitrogens with zero attached hydrogens (tertiary/aromatic N) is 2. The molecule has 1 aliphatic rings. The maximum absolute atomic E-state index is 12.3. The van der Waals surface area contributed by atoms with Gasteiger partial charge in [-0.15, -0.1) is 10.2 Å². The minimum atomic E-state index is -1.10. The van der Waals surface area contributed by atoms with Crippen LogP contribution in [0.15, 0.2) is 4.42 Å². The number of carbonyl (C=O) groups is 2. The second kappa shape index (κ2) is 7.99. The summed E-state index contributed by atoms with van der Waals surface area (Å²) in [4.78, 5) is 23.3. The summed E-state index contributed by atoms with van der Waals surface area (Å²) in [6.07, 6.45) is 0.999. The van der Waals surface area contributed by atoms with Crippen LogP contribution in [0.5, 0.6) is 0 Å². The number of carboxylic acid groups (broad SMARTS) is 1. The molecule has 10 nitrogen and oxygen atoms in total. The van der Waals surface area contributed by atoms with Crippen LogP contribution >= 0.6 is 0 Å². The van der Waals surface area contributed by atoms with Gasteiger partial charge in [0.1, 0.15) is 12.1 Å². The van der Waals surface area contributed by atoms with Crippen molar-refractivity contribution in [3.63, 3.8) is 0 Å². The fourth-order valence-electron chi connectivity index (χ4n) is 2.36. The summed E-state index contributed by atoms with van der Waals surface area (Å²) < 4.78 is 5.29. The number of aliphatic hydroxyl groups excluding tert-OH is 1. The first kappa shape index (κ1) is 17.3. The first-order valence-corrected chi connectivity index (χ1v) is 7.44. The molecular weight excluding hydrogens is 306 g/mol. The maximum Gasteiger partial charge on any atom is 0.305 e. The molecule has 1 aliphatic heterocycles. The Morgan fingerprint density at radius 2 is 2.00 bits per heavy atom. The lowest BCUT2D eigenvalue weighted by molar-refractivity contribution is -0.138. The van der Waals surface area contributed by atoms with Crippen molar-refractivity contribution >= 4 is 11.9 Å². The highest BCUT2D eigenvalue weighted by Gasteiger charge is 2.28. The standard InChI is InChI=1S/C13H21N5O5/c14-8(6-19)12-17-18-13(23-12)9(5-10(20)21)16-11(22)7-1-3-15-4-2-7/h7-9,15,19H,1-6,14H2,(H,16,22)(H,20,21)/t8-,9-/m0/s1. The topological polar surface area (TPSA) is 164 Å². The highest BCUT2D eigenvalue weighted by atomic mass is 16.4. The minimum Gasteiger partial charge on any atom is -0.481 e. The van der Waals surface area contributed by atoms with Gasteiger partial charge < -0.3 is 31.0 Å². The Kier molecular flexibility index (Phi) is 6.02. The molecule has 2 atom stereocenters. The summed E-state index contributed by atoms with van der Waals surface area (Å²) in [6.45, 7) is 1.11. The number of rotatable bonds is 7. The zero-order chi connectivity index (χ0) is 16.8. The molecule has 0 radical (unpaired) electrons. The predicted molar refractivity (Wildman–Crippen MR) is 77.0 cm³/mol. The van der Waals surface area contributed by atoms with Crippen molar-refractivity contribution < 1.29 is 24.2 Å². The van der Waals surface area contributed by atoms with Gasteiger partial charge in [0.25, 0.3) is 0 Å². The third-order valence-electron chi connectivity index (χ3n) is 3.67. The zero-order valence-corrected chi connectivity index (χ0v) is 12.6. The number of nitrogens with one attached hydrogen (secondary N) is 2. The maximum atomic E-state index is 12.3. The highest BCUT2D eigenvalue weighted by molar-refractivity contribution is 5.80. The van der Waals surface area contributed by atoms with E-state index in [-0.39, 0.29) is 36.6 Å². The molecule has 0 aromatic carbocycles. The smallest absolute Gasteiger partial charge is 0.305 e. The average molecular weight is 327 g/mol. The van der Waals surface area contributed by atoms with E-state index in [2.05, 4.69) is 20.8 Å². The molecule has 6 N–H and O–H groups in total. The second-order valence-corrected chi connectivity index (χ2v) is 5.45. The van der Waals surface area contributed by atoms with Crippen LogP contribution in [0.4, 0.5) is 0 Å². The SMILES string of the molecule is N[C@@H](CO)c1nnc([C@H](CC(=O)O)NC(=O)C2CCNCC2)o1. The summed E-state index contributed by atoms with van der Waals surface area (Å²) in [5, 5.41) is 31.2. The van der Waals surface area contributed by atoms with E-state index < -0.39 is 18.1 Å². The van der Waals surface area contributed by atoms with E-state index in [0.717, 1.165) is 13.1 Å². The number of aromatic nitrogens is 2. The number of hydrogen-bond donors (Lipinski definition) is 5. The summed E-state index contributed by atoms with van der Waals surface area (Å²) in [5.41, 5.74) is 5.57. The second-order valence-electron chi connectivity index (χ2n) is 5.45. The molecule has 1 fully saturated rings. The summed E-state index contributed by atoms with van der Waals surface area (Å²) >= 11 is 0. The molecule has 0 saturated carbocycles. The van der Waals surface area contributed by atoms with E-state index in [0.29, 0.717) is 12.8 Å². The largest absolute Gasteiger partial charge is 0.481 e. The number of hydrogen-bond acceptors (Lipinski definition) is 8. The quantitative estimate of drug-likeness (QED) is 0.409. The van der Waals surface area contributed by atoms with E-state index in [9.17, 15) is 9.59 Å². The van der Waals surface area contributed by atoms with Gasteiger partial charge in [0.05, 0.1) is 13.0 Å². The van der Waals surface area contributed by atoms with Crippen molar-refractivity contribution in [3.05, 3.63) is 11.8 Å². The number of carbonyl (C=O) groups excluding carboxylic acids is 1. The number of aliphatic hydroxyl groups is 1. The molecule has 0 unspecified atom stereocenters. The van der Waals surface area contributed by atoms with Gasteiger partial charge in [-0.1, -0.05) is 0 Å². The van der Waals surface area contributed by atoms with Crippen molar-refractivity contribution in [3.8, 4) is 0 Å². The van der Waals surface area contributed by atoms with Gasteiger partial charge >= 0.3 is 5.97 Å². The molecule has 0 bridgehead atoms. The van der Waals surface area contributed by atoms with Gasteiger partial charge in [0, 0.05) is 5.92 Å². The Morgan fingerprint density at radius 3 is 2.61 bits per heavy atom. The van der Waals surface area contributed by atoms with Gasteiger partial charge in [-0.05, 0) is 25.9 Å². The van der Waals surface area contributed by atoms with E-state index in [1.807, 2.05) is 0 Å². The molecule has 10 heteroatoms. The fourth-order valence-corrected chi connectivity index (χ4v) is 2.36. The first-order valence-electron chi connectivity index (χ1n) is 7.44. The molecule has 23 heavy (non-hydrogen) atoms. The van der Waals surface area contributed by atoms with Gasteiger partial charge in [-0.2, -0.15) is 0 Å². The molecule has 1 amide bonds. The average Bonchev–Trinajstić information content (AvgIpc) is 3.03. The van der Waals surface area contributed by atoms with Crippen LogP contribution in [0.3, 0.4) is 0 Å². The van der Waals surface area contributed by atoms with Crippen molar-refractivity contribution in [1.29, 1.82) is 0 Å².